The maximum atomic E-state index is 13.3. The van der Waals surface area contributed by atoms with Gasteiger partial charge >= 0.3 is 0 Å². The van der Waals surface area contributed by atoms with Gasteiger partial charge in [0, 0.05) is 64.3 Å². The first-order valence-corrected chi connectivity index (χ1v) is 12.3. The molecule has 1 aliphatic rings. The summed E-state index contributed by atoms with van der Waals surface area (Å²) >= 11 is 3.73. The van der Waals surface area contributed by atoms with Gasteiger partial charge in [-0.05, 0) is 64.3 Å². The molecule has 2 aromatic heterocycles. The summed E-state index contributed by atoms with van der Waals surface area (Å²) in [6.45, 7) is 4.59. The Balaban J connectivity index is 1.38. The van der Waals surface area contributed by atoms with Crippen molar-refractivity contribution in [3.63, 3.8) is 0 Å². The number of rotatable bonds is 5. The van der Waals surface area contributed by atoms with Crippen molar-refractivity contribution in [1.82, 2.24) is 19.9 Å². The predicted octanol–water partition coefficient (Wildman–Crippen LogP) is 5.30. The number of aromatic nitrogens is 3. The zero-order chi connectivity index (χ0) is 23.7. The molecule has 1 N–H and O–H groups in total. The van der Waals surface area contributed by atoms with Crippen LogP contribution in [0.2, 0.25) is 0 Å². The van der Waals surface area contributed by atoms with Gasteiger partial charge in [0.1, 0.15) is 17.2 Å². The lowest BCUT2D eigenvalue weighted by Crippen LogP contribution is -2.30. The van der Waals surface area contributed by atoms with Crippen molar-refractivity contribution in [3.05, 3.63) is 70.6 Å². The third kappa shape index (κ3) is 4.79. The summed E-state index contributed by atoms with van der Waals surface area (Å²) in [7, 11) is 4.07. The van der Waals surface area contributed by atoms with Crippen LogP contribution in [0.4, 0.5) is 15.8 Å². The van der Waals surface area contributed by atoms with Gasteiger partial charge in [0.2, 0.25) is 0 Å². The fourth-order valence-corrected chi connectivity index (χ4v) is 5.01. The van der Waals surface area contributed by atoms with Crippen molar-refractivity contribution < 1.29 is 4.39 Å². The van der Waals surface area contributed by atoms with E-state index in [1.54, 1.807) is 0 Å². The van der Waals surface area contributed by atoms with Crippen LogP contribution < -0.4 is 9.80 Å². The second-order valence-electron chi connectivity index (χ2n) is 8.92. The van der Waals surface area contributed by atoms with Crippen LogP contribution in [0.15, 0.2) is 59.2 Å². The molecule has 5 rings (SSSR count). The normalized spacial score (nSPS) is 15.0. The second kappa shape index (κ2) is 9.72. The van der Waals surface area contributed by atoms with Gasteiger partial charge in [0.25, 0.3) is 0 Å². The van der Waals surface area contributed by atoms with Crippen LogP contribution in [0.25, 0.3) is 22.6 Å². The van der Waals surface area contributed by atoms with Crippen LogP contribution in [0.1, 0.15) is 12.0 Å². The van der Waals surface area contributed by atoms with Gasteiger partial charge in [-0.15, -0.1) is 0 Å². The Morgan fingerprint density at radius 1 is 1.00 bits per heavy atom. The minimum Gasteiger partial charge on any atom is -0.378 e. The highest BCUT2D eigenvalue weighted by molar-refractivity contribution is 9.10. The Bertz CT molecular complexity index is 1270. The summed E-state index contributed by atoms with van der Waals surface area (Å²) in [6, 6.07) is 15.2. The molecule has 1 saturated heterocycles. The van der Waals surface area contributed by atoms with E-state index >= 15 is 0 Å². The summed E-state index contributed by atoms with van der Waals surface area (Å²) < 4.78 is 14.2. The topological polar surface area (TPSA) is 51.3 Å². The van der Waals surface area contributed by atoms with Crippen LogP contribution in [0, 0.1) is 5.82 Å². The summed E-state index contributed by atoms with van der Waals surface area (Å²) in [5.74, 6) is 0.629. The molecular formula is C26H28BrFN6. The summed E-state index contributed by atoms with van der Waals surface area (Å²) in [5, 5.41) is 0. The molecule has 0 radical (unpaired) electrons. The molecule has 0 aliphatic carbocycles. The highest BCUT2D eigenvalue weighted by Crippen LogP contribution is 2.34. The first kappa shape index (κ1) is 22.8. The number of pyridine rings is 1. The zero-order valence-electron chi connectivity index (χ0n) is 19.4. The number of aromatic amines is 1. The molecule has 6 nitrogen and oxygen atoms in total. The first-order chi connectivity index (χ1) is 16.5. The number of imidazole rings is 1. The Morgan fingerprint density at radius 2 is 1.76 bits per heavy atom. The van der Waals surface area contributed by atoms with Crippen LogP contribution in [-0.2, 0) is 6.54 Å². The van der Waals surface area contributed by atoms with Gasteiger partial charge in [-0.1, -0.05) is 12.1 Å². The standard InChI is InChI=1S/C26H28BrFN6/c1-32(2)21-10-6-19(7-11-21)25-30-23-24(22(27)16-29-26(23)31-25)34-13-3-12-33(14-15-34)17-18-4-8-20(28)9-5-18/h4-11,16H,3,12-15,17H2,1-2H3,(H,29,30,31). The van der Waals surface area contributed by atoms with Crippen molar-refractivity contribution in [2.75, 3.05) is 50.1 Å². The Labute approximate surface area is 207 Å². The van der Waals surface area contributed by atoms with Crippen LogP contribution in [0.5, 0.6) is 0 Å². The second-order valence-corrected chi connectivity index (χ2v) is 9.78. The fourth-order valence-electron chi connectivity index (χ4n) is 4.47. The number of H-pyrrole nitrogens is 1. The van der Waals surface area contributed by atoms with Crippen molar-refractivity contribution >= 4 is 38.5 Å². The molecule has 0 spiro atoms. The lowest BCUT2D eigenvalue weighted by atomic mass is 10.2. The SMILES string of the molecule is CN(C)c1ccc(-c2nc3c(N4CCCN(Cc5ccc(F)cc5)CC4)c(Br)cnc3[nH]2)cc1. The third-order valence-corrected chi connectivity index (χ3v) is 6.90. The molecule has 2 aromatic carbocycles. The highest BCUT2D eigenvalue weighted by Gasteiger charge is 2.22. The molecule has 0 atom stereocenters. The van der Waals surface area contributed by atoms with Crippen LogP contribution >= 0.6 is 15.9 Å². The lowest BCUT2D eigenvalue weighted by Gasteiger charge is -2.24. The molecule has 0 bridgehead atoms. The summed E-state index contributed by atoms with van der Waals surface area (Å²) in [4.78, 5) is 19.9. The van der Waals surface area contributed by atoms with Crippen LogP contribution in [0.3, 0.4) is 0 Å². The monoisotopic (exact) mass is 522 g/mol. The smallest absolute Gasteiger partial charge is 0.159 e. The number of hydrogen-bond acceptors (Lipinski definition) is 5. The number of nitrogens with one attached hydrogen (secondary N) is 1. The molecule has 0 saturated carbocycles. The van der Waals surface area contributed by atoms with E-state index in [2.05, 4.69) is 64.9 Å². The summed E-state index contributed by atoms with van der Waals surface area (Å²) in [5.41, 5.74) is 6.08. The van der Waals surface area contributed by atoms with Gasteiger partial charge in [-0.2, -0.15) is 0 Å². The average Bonchev–Trinajstić information content (AvgIpc) is 3.14. The van der Waals surface area contributed by atoms with E-state index in [0.29, 0.717) is 0 Å². The Morgan fingerprint density at radius 3 is 2.50 bits per heavy atom. The van der Waals surface area contributed by atoms with Crippen LogP contribution in [-0.4, -0.2) is 60.1 Å². The molecule has 0 amide bonds. The fraction of sp³-hybridized carbons (Fsp3) is 0.308. The van der Waals surface area contributed by atoms with Gasteiger partial charge in [-0.3, -0.25) is 4.90 Å². The number of fused-ring (bicyclic) bond motifs is 1. The molecule has 1 aliphatic heterocycles. The van der Waals surface area contributed by atoms with E-state index in [0.717, 1.165) is 83.1 Å². The number of halogens is 2. The first-order valence-electron chi connectivity index (χ1n) is 11.5. The average molecular weight is 523 g/mol. The highest BCUT2D eigenvalue weighted by atomic mass is 79.9. The van der Waals surface area contributed by atoms with Crippen molar-refractivity contribution in [2.45, 2.75) is 13.0 Å². The van der Waals surface area contributed by atoms with Gasteiger partial charge < -0.3 is 14.8 Å². The summed E-state index contributed by atoms with van der Waals surface area (Å²) in [6.07, 6.45) is 2.90. The van der Waals surface area contributed by atoms with E-state index in [-0.39, 0.29) is 5.82 Å². The Hall–Kier alpha value is -2.97. The quantitative estimate of drug-likeness (QED) is 0.385. The lowest BCUT2D eigenvalue weighted by molar-refractivity contribution is 0.285. The van der Waals surface area contributed by atoms with Gasteiger partial charge in [0.15, 0.2) is 5.65 Å². The molecular weight excluding hydrogens is 495 g/mol. The number of benzene rings is 2. The van der Waals surface area contributed by atoms with E-state index in [4.69, 9.17) is 4.98 Å². The number of nitrogens with zero attached hydrogens (tertiary/aromatic N) is 5. The largest absolute Gasteiger partial charge is 0.378 e. The molecule has 3 heterocycles. The molecule has 176 valence electrons. The third-order valence-electron chi connectivity index (χ3n) is 6.32. The van der Waals surface area contributed by atoms with E-state index in [1.165, 1.54) is 12.1 Å². The predicted molar refractivity (Wildman–Crippen MR) is 140 cm³/mol. The molecule has 0 unspecified atom stereocenters. The van der Waals surface area contributed by atoms with Crippen molar-refractivity contribution in [2.24, 2.45) is 0 Å². The van der Waals surface area contributed by atoms with Crippen molar-refractivity contribution in [3.8, 4) is 11.4 Å². The van der Waals surface area contributed by atoms with E-state index < -0.39 is 0 Å². The number of anilines is 2. The maximum Gasteiger partial charge on any atom is 0.159 e. The molecule has 8 heteroatoms. The molecule has 4 aromatic rings. The van der Waals surface area contributed by atoms with E-state index in [1.807, 2.05) is 32.4 Å². The zero-order valence-corrected chi connectivity index (χ0v) is 21.0. The minimum atomic E-state index is -0.190. The van der Waals surface area contributed by atoms with Gasteiger partial charge in [-0.25, -0.2) is 14.4 Å². The minimum absolute atomic E-state index is 0.190. The maximum absolute atomic E-state index is 13.3. The number of hydrogen-bond donors (Lipinski definition) is 1. The van der Waals surface area contributed by atoms with E-state index in [9.17, 15) is 4.39 Å². The van der Waals surface area contributed by atoms with Gasteiger partial charge in [0.05, 0.1) is 10.2 Å². The molecule has 1 fully saturated rings. The van der Waals surface area contributed by atoms with Crippen molar-refractivity contribution in [1.29, 1.82) is 0 Å². The molecule has 34 heavy (non-hydrogen) atoms. The Kier molecular flexibility index (Phi) is 6.52.